The number of nitrogens with two attached hydrogens (primary N) is 1. The van der Waals surface area contributed by atoms with Crippen LogP contribution < -0.4 is 15.2 Å². The molecule has 0 amide bonds. The van der Waals surface area contributed by atoms with Crippen LogP contribution in [0.3, 0.4) is 0 Å². The summed E-state index contributed by atoms with van der Waals surface area (Å²) >= 11 is 5.83. The van der Waals surface area contributed by atoms with Crippen molar-refractivity contribution >= 4 is 17.4 Å². The minimum absolute atomic E-state index is 0.275. The monoisotopic (exact) mass is 265 g/mol. The maximum absolute atomic E-state index is 5.83. The van der Waals surface area contributed by atoms with Crippen LogP contribution in [0.1, 0.15) is 0 Å². The molecule has 94 valence electrons. The van der Waals surface area contributed by atoms with Crippen LogP contribution in [0.25, 0.3) is 11.1 Å². The Balaban J connectivity index is 2.59. The molecule has 1 heterocycles. The molecule has 2 rings (SSSR count). The van der Waals surface area contributed by atoms with E-state index in [0.717, 1.165) is 5.56 Å². The van der Waals surface area contributed by atoms with Crippen LogP contribution in [0, 0.1) is 0 Å². The van der Waals surface area contributed by atoms with Crippen molar-refractivity contribution in [1.82, 2.24) is 10.2 Å². The Hall–Kier alpha value is -2.01. The first-order valence-corrected chi connectivity index (χ1v) is 5.54. The number of rotatable bonds is 3. The van der Waals surface area contributed by atoms with E-state index in [1.807, 2.05) is 12.1 Å². The fraction of sp³-hybridized carbons (Fsp3) is 0.167. The van der Waals surface area contributed by atoms with Crippen molar-refractivity contribution in [3.63, 3.8) is 0 Å². The Morgan fingerprint density at radius 1 is 1.06 bits per heavy atom. The van der Waals surface area contributed by atoms with Gasteiger partial charge >= 0.3 is 0 Å². The molecular weight excluding hydrogens is 254 g/mol. The summed E-state index contributed by atoms with van der Waals surface area (Å²) in [5.41, 5.74) is 7.26. The van der Waals surface area contributed by atoms with Gasteiger partial charge in [0.15, 0.2) is 11.0 Å². The Bertz CT molecular complexity index is 575. The lowest BCUT2D eigenvalue weighted by atomic mass is 10.1. The van der Waals surface area contributed by atoms with Crippen molar-refractivity contribution < 1.29 is 9.47 Å². The van der Waals surface area contributed by atoms with Crippen LogP contribution in [0.5, 0.6) is 11.5 Å². The Labute approximate surface area is 109 Å². The van der Waals surface area contributed by atoms with Crippen LogP contribution in [0.15, 0.2) is 24.3 Å². The fourth-order valence-electron chi connectivity index (χ4n) is 1.61. The van der Waals surface area contributed by atoms with E-state index in [0.29, 0.717) is 22.9 Å². The highest BCUT2D eigenvalue weighted by Gasteiger charge is 2.12. The molecule has 0 atom stereocenters. The zero-order valence-electron chi connectivity index (χ0n) is 9.98. The van der Waals surface area contributed by atoms with Crippen molar-refractivity contribution in [2.45, 2.75) is 0 Å². The summed E-state index contributed by atoms with van der Waals surface area (Å²) in [6.45, 7) is 0. The second kappa shape index (κ2) is 5.10. The van der Waals surface area contributed by atoms with Gasteiger partial charge in [0.1, 0.15) is 11.5 Å². The summed E-state index contributed by atoms with van der Waals surface area (Å²) in [4.78, 5) is 0. The number of nitrogens with zero attached hydrogens (tertiary/aromatic N) is 2. The van der Waals surface area contributed by atoms with Crippen molar-refractivity contribution in [1.29, 1.82) is 0 Å². The number of halogens is 1. The zero-order chi connectivity index (χ0) is 13.1. The van der Waals surface area contributed by atoms with Gasteiger partial charge in [-0.05, 0) is 18.2 Å². The molecule has 1 aromatic carbocycles. The predicted molar refractivity (Wildman–Crippen MR) is 70.0 cm³/mol. The normalized spacial score (nSPS) is 10.2. The molecule has 0 saturated heterocycles. The van der Waals surface area contributed by atoms with Gasteiger partial charge in [0.2, 0.25) is 0 Å². The minimum Gasteiger partial charge on any atom is -0.497 e. The van der Waals surface area contributed by atoms with E-state index >= 15 is 0 Å². The summed E-state index contributed by atoms with van der Waals surface area (Å²) in [6, 6.07) is 7.06. The van der Waals surface area contributed by atoms with E-state index in [1.54, 1.807) is 26.4 Å². The SMILES string of the molecule is COc1ccc(-c2cc(Cl)nnc2N)c(OC)c1. The molecule has 1 aromatic heterocycles. The molecule has 0 spiro atoms. The lowest BCUT2D eigenvalue weighted by molar-refractivity contribution is 0.395. The van der Waals surface area contributed by atoms with Gasteiger partial charge < -0.3 is 15.2 Å². The van der Waals surface area contributed by atoms with Crippen molar-refractivity contribution in [2.75, 3.05) is 20.0 Å². The van der Waals surface area contributed by atoms with Crippen LogP contribution in [0.2, 0.25) is 5.15 Å². The van der Waals surface area contributed by atoms with Crippen molar-refractivity contribution in [2.24, 2.45) is 0 Å². The number of methoxy groups -OCH3 is 2. The van der Waals surface area contributed by atoms with Crippen LogP contribution >= 0.6 is 11.6 Å². The molecule has 0 aliphatic heterocycles. The molecule has 0 bridgehead atoms. The number of hydrogen-bond donors (Lipinski definition) is 1. The average Bonchev–Trinajstić information content (AvgIpc) is 2.41. The molecule has 0 aliphatic carbocycles. The highest BCUT2D eigenvalue weighted by molar-refractivity contribution is 6.29. The predicted octanol–water partition coefficient (Wildman–Crippen LogP) is 2.40. The van der Waals surface area contributed by atoms with E-state index in [1.165, 1.54) is 0 Å². The van der Waals surface area contributed by atoms with Gasteiger partial charge in [0.25, 0.3) is 0 Å². The van der Waals surface area contributed by atoms with E-state index < -0.39 is 0 Å². The van der Waals surface area contributed by atoms with E-state index in [-0.39, 0.29) is 5.15 Å². The Morgan fingerprint density at radius 3 is 2.50 bits per heavy atom. The van der Waals surface area contributed by atoms with Crippen molar-refractivity contribution in [3.05, 3.63) is 29.4 Å². The summed E-state index contributed by atoms with van der Waals surface area (Å²) in [5.74, 6) is 1.62. The molecule has 0 unspecified atom stereocenters. The molecule has 5 nitrogen and oxygen atoms in total. The minimum atomic E-state index is 0.275. The van der Waals surface area contributed by atoms with Gasteiger partial charge in [-0.1, -0.05) is 11.6 Å². The number of nitrogen functional groups attached to an aromatic ring is 1. The third kappa shape index (κ3) is 2.31. The second-order valence-corrected chi connectivity index (χ2v) is 3.92. The molecular formula is C12H12ClN3O2. The van der Waals surface area contributed by atoms with Gasteiger partial charge in [0, 0.05) is 17.2 Å². The van der Waals surface area contributed by atoms with E-state index in [9.17, 15) is 0 Å². The van der Waals surface area contributed by atoms with Gasteiger partial charge in [-0.3, -0.25) is 0 Å². The topological polar surface area (TPSA) is 70.3 Å². The highest BCUT2D eigenvalue weighted by atomic mass is 35.5. The lowest BCUT2D eigenvalue weighted by Crippen LogP contribution is -1.98. The van der Waals surface area contributed by atoms with Gasteiger partial charge in [-0.25, -0.2) is 0 Å². The molecule has 0 saturated carbocycles. The summed E-state index contributed by atoms with van der Waals surface area (Å²) < 4.78 is 10.4. The largest absolute Gasteiger partial charge is 0.497 e. The van der Waals surface area contributed by atoms with Crippen LogP contribution in [-0.4, -0.2) is 24.4 Å². The maximum atomic E-state index is 5.83. The highest BCUT2D eigenvalue weighted by Crippen LogP contribution is 2.36. The van der Waals surface area contributed by atoms with E-state index in [4.69, 9.17) is 26.8 Å². The molecule has 2 aromatic rings. The molecule has 0 aliphatic rings. The Morgan fingerprint density at radius 2 is 1.83 bits per heavy atom. The van der Waals surface area contributed by atoms with Gasteiger partial charge in [-0.15, -0.1) is 10.2 Å². The summed E-state index contributed by atoms with van der Waals surface area (Å²) in [5, 5.41) is 7.74. The number of aromatic nitrogens is 2. The van der Waals surface area contributed by atoms with Crippen LogP contribution in [0.4, 0.5) is 5.82 Å². The first kappa shape index (κ1) is 12.4. The third-order valence-corrected chi connectivity index (χ3v) is 2.68. The standard InChI is InChI=1S/C12H12ClN3O2/c1-17-7-3-4-8(10(5-7)18-2)9-6-11(13)15-16-12(9)14/h3-6H,1-2H3,(H2,14,16). The van der Waals surface area contributed by atoms with Gasteiger partial charge in [0.05, 0.1) is 14.2 Å². The average molecular weight is 266 g/mol. The first-order valence-electron chi connectivity index (χ1n) is 5.16. The number of benzene rings is 1. The summed E-state index contributed by atoms with van der Waals surface area (Å²) in [7, 11) is 3.17. The fourth-order valence-corrected chi connectivity index (χ4v) is 1.76. The van der Waals surface area contributed by atoms with Crippen LogP contribution in [-0.2, 0) is 0 Å². The zero-order valence-corrected chi connectivity index (χ0v) is 10.7. The maximum Gasteiger partial charge on any atom is 0.154 e. The number of hydrogen-bond acceptors (Lipinski definition) is 5. The third-order valence-electron chi connectivity index (χ3n) is 2.49. The summed E-state index contributed by atoms with van der Waals surface area (Å²) in [6.07, 6.45) is 0. The molecule has 18 heavy (non-hydrogen) atoms. The van der Waals surface area contributed by atoms with E-state index in [2.05, 4.69) is 10.2 Å². The Kier molecular flexibility index (Phi) is 3.53. The lowest BCUT2D eigenvalue weighted by Gasteiger charge is -2.11. The smallest absolute Gasteiger partial charge is 0.154 e. The number of ether oxygens (including phenoxy) is 2. The molecule has 0 fully saturated rings. The molecule has 0 radical (unpaired) electrons. The quantitative estimate of drug-likeness (QED) is 0.923. The molecule has 6 heteroatoms. The van der Waals surface area contributed by atoms with Crippen molar-refractivity contribution in [3.8, 4) is 22.6 Å². The second-order valence-electron chi connectivity index (χ2n) is 3.53. The van der Waals surface area contributed by atoms with Gasteiger partial charge in [-0.2, -0.15) is 0 Å². The number of anilines is 1. The first-order chi connectivity index (χ1) is 8.65. The molecule has 2 N–H and O–H groups in total.